The number of halogens is 2. The first-order chi connectivity index (χ1) is 21.0. The fraction of sp³-hybridized carbons (Fsp3) is 0.618. The number of likely N-dealkylation sites (tertiary alicyclic amines) is 1. The molecule has 3 aliphatic heterocycles. The van der Waals surface area contributed by atoms with E-state index in [9.17, 15) is 23.5 Å². The number of ether oxygens (including phenoxy) is 1. The molecule has 0 saturated carbocycles. The summed E-state index contributed by atoms with van der Waals surface area (Å²) in [5.74, 6) is -0.380. The van der Waals surface area contributed by atoms with E-state index in [0.717, 1.165) is 22.5 Å². The summed E-state index contributed by atoms with van der Waals surface area (Å²) in [6.07, 6.45) is -0.268. The predicted molar refractivity (Wildman–Crippen MR) is 169 cm³/mol. The van der Waals surface area contributed by atoms with Gasteiger partial charge in [0.15, 0.2) is 0 Å². The maximum absolute atomic E-state index is 14.6. The van der Waals surface area contributed by atoms with Gasteiger partial charge in [0.1, 0.15) is 18.1 Å². The molecule has 4 heterocycles. The third-order valence-electron chi connectivity index (χ3n) is 10.3. The van der Waals surface area contributed by atoms with E-state index in [0.29, 0.717) is 32.6 Å². The molecular weight excluding hydrogens is 580 g/mol. The number of hydrogen-bond donors (Lipinski definition) is 1. The largest absolute Gasteiger partial charge is 0.465 e. The van der Waals surface area contributed by atoms with Gasteiger partial charge in [-0.1, -0.05) is 46.8 Å². The SMILES string of the molecule is CO[C@H]1CN(C[C@H]2CN(C(=O)O)[C@](C)(C(C)(C)C)CN2CC(=O)N2CC(C)(C)c3ncc(Cc4ccc(F)cc4)cc32)C[C@H]1F. The lowest BCUT2D eigenvalue weighted by molar-refractivity contribution is -0.124. The van der Waals surface area contributed by atoms with E-state index in [1.807, 2.05) is 44.9 Å². The van der Waals surface area contributed by atoms with E-state index < -0.39 is 29.3 Å². The van der Waals surface area contributed by atoms with Crippen LogP contribution in [0.25, 0.3) is 0 Å². The lowest BCUT2D eigenvalue weighted by atomic mass is 9.71. The number of nitrogens with zero attached hydrogens (tertiary/aromatic N) is 5. The second kappa shape index (κ2) is 12.2. The molecule has 1 aromatic heterocycles. The lowest BCUT2D eigenvalue weighted by Gasteiger charge is -2.57. The molecule has 45 heavy (non-hydrogen) atoms. The Morgan fingerprint density at radius 1 is 1.07 bits per heavy atom. The molecule has 2 fully saturated rings. The van der Waals surface area contributed by atoms with Crippen molar-refractivity contribution in [3.05, 3.63) is 59.2 Å². The minimum atomic E-state index is -1.12. The fourth-order valence-corrected chi connectivity index (χ4v) is 7.10. The molecule has 246 valence electrons. The molecule has 0 unspecified atom stereocenters. The van der Waals surface area contributed by atoms with Crippen molar-refractivity contribution in [3.63, 3.8) is 0 Å². The number of pyridine rings is 1. The summed E-state index contributed by atoms with van der Waals surface area (Å²) in [7, 11) is 1.50. The van der Waals surface area contributed by atoms with Gasteiger partial charge in [0.2, 0.25) is 5.91 Å². The summed E-state index contributed by atoms with van der Waals surface area (Å²) >= 11 is 0. The number of piperazine rings is 1. The minimum Gasteiger partial charge on any atom is -0.465 e. The number of amides is 2. The Bertz CT molecular complexity index is 1410. The monoisotopic (exact) mass is 627 g/mol. The molecule has 0 radical (unpaired) electrons. The van der Waals surface area contributed by atoms with Gasteiger partial charge in [0.05, 0.1) is 23.5 Å². The van der Waals surface area contributed by atoms with Crippen LogP contribution in [0.15, 0.2) is 36.5 Å². The Morgan fingerprint density at radius 2 is 1.76 bits per heavy atom. The smallest absolute Gasteiger partial charge is 0.407 e. The highest BCUT2D eigenvalue weighted by Gasteiger charge is 2.52. The van der Waals surface area contributed by atoms with Gasteiger partial charge in [-0.05, 0) is 48.1 Å². The normalized spacial score (nSPS) is 27.2. The molecule has 2 saturated heterocycles. The number of aromatic nitrogens is 1. The summed E-state index contributed by atoms with van der Waals surface area (Å²) in [4.78, 5) is 39.0. The van der Waals surface area contributed by atoms with Gasteiger partial charge >= 0.3 is 6.09 Å². The number of carbonyl (C=O) groups excluding carboxylic acids is 1. The fourth-order valence-electron chi connectivity index (χ4n) is 7.10. The van der Waals surface area contributed by atoms with Gasteiger partial charge in [-0.2, -0.15) is 0 Å². The molecule has 0 bridgehead atoms. The minimum absolute atomic E-state index is 0.0854. The van der Waals surface area contributed by atoms with Crippen molar-refractivity contribution in [3.8, 4) is 0 Å². The maximum Gasteiger partial charge on any atom is 0.407 e. The number of hydrogen-bond acceptors (Lipinski definition) is 6. The molecule has 0 aliphatic carbocycles. The molecular formula is C34H47F2N5O4. The highest BCUT2D eigenvalue weighted by Crippen LogP contribution is 2.42. The van der Waals surface area contributed by atoms with Crippen molar-refractivity contribution in [2.24, 2.45) is 5.41 Å². The highest BCUT2D eigenvalue weighted by atomic mass is 19.1. The number of rotatable bonds is 7. The van der Waals surface area contributed by atoms with Crippen molar-refractivity contribution in [1.82, 2.24) is 19.7 Å². The number of benzene rings is 1. The van der Waals surface area contributed by atoms with Crippen LogP contribution in [0.5, 0.6) is 0 Å². The van der Waals surface area contributed by atoms with Crippen molar-refractivity contribution in [1.29, 1.82) is 0 Å². The third kappa shape index (κ3) is 6.57. The van der Waals surface area contributed by atoms with Crippen LogP contribution >= 0.6 is 0 Å². The van der Waals surface area contributed by atoms with Gasteiger partial charge in [0, 0.05) is 64.0 Å². The predicted octanol–water partition coefficient (Wildman–Crippen LogP) is 4.57. The summed E-state index contributed by atoms with van der Waals surface area (Å²) in [5.41, 5.74) is 1.94. The van der Waals surface area contributed by atoms with E-state index >= 15 is 0 Å². The van der Waals surface area contributed by atoms with Gasteiger partial charge in [-0.25, -0.2) is 13.6 Å². The molecule has 2 amide bonds. The molecule has 3 aliphatic rings. The average molecular weight is 628 g/mol. The van der Waals surface area contributed by atoms with Crippen LogP contribution in [0, 0.1) is 11.2 Å². The first kappa shape index (κ1) is 33.2. The Morgan fingerprint density at radius 3 is 2.36 bits per heavy atom. The number of anilines is 1. The van der Waals surface area contributed by atoms with Gasteiger partial charge in [0.25, 0.3) is 0 Å². The second-order valence-electron chi connectivity index (χ2n) is 14.9. The Kier molecular flexibility index (Phi) is 9.02. The lowest BCUT2D eigenvalue weighted by Crippen LogP contribution is -2.72. The van der Waals surface area contributed by atoms with Crippen LogP contribution in [0.1, 0.15) is 58.4 Å². The van der Waals surface area contributed by atoms with Crippen LogP contribution < -0.4 is 4.90 Å². The van der Waals surface area contributed by atoms with Crippen LogP contribution in [0.4, 0.5) is 19.3 Å². The van der Waals surface area contributed by atoms with Crippen molar-refractivity contribution in [2.75, 3.05) is 57.8 Å². The van der Waals surface area contributed by atoms with Crippen LogP contribution in [0.2, 0.25) is 0 Å². The Hall–Kier alpha value is -3.15. The summed E-state index contributed by atoms with van der Waals surface area (Å²) < 4.78 is 33.4. The molecule has 4 atom stereocenters. The molecule has 5 rings (SSSR count). The Labute approximate surface area is 265 Å². The quantitative estimate of drug-likeness (QED) is 0.481. The van der Waals surface area contributed by atoms with E-state index in [2.05, 4.69) is 18.7 Å². The standard InChI is InChI=1S/C34H47F2N5O4/c1-32(2,3)34(6)21-39(25(16-41(34)31(43)44)15-38-17-26(36)28(18-38)45-7)19-29(42)40-20-33(4,5)30-27(40)13-23(14-37-30)12-22-8-10-24(35)11-9-22/h8-11,13-14,25-26,28H,12,15-21H2,1-7H3,(H,43,44)/t25-,26+,28-,34-/m0/s1. The van der Waals surface area contributed by atoms with Crippen LogP contribution in [-0.2, 0) is 21.4 Å². The molecule has 11 heteroatoms. The van der Waals surface area contributed by atoms with Crippen molar-refractivity contribution >= 4 is 17.7 Å². The highest BCUT2D eigenvalue weighted by molar-refractivity contribution is 5.97. The zero-order chi connectivity index (χ0) is 32.9. The van der Waals surface area contributed by atoms with Gasteiger partial charge < -0.3 is 14.7 Å². The Balaban J connectivity index is 1.42. The van der Waals surface area contributed by atoms with Gasteiger partial charge in [-0.3, -0.25) is 24.5 Å². The van der Waals surface area contributed by atoms with Crippen LogP contribution in [0.3, 0.4) is 0 Å². The molecule has 1 aromatic carbocycles. The number of methoxy groups -OCH3 is 1. The van der Waals surface area contributed by atoms with Gasteiger partial charge in [-0.15, -0.1) is 0 Å². The van der Waals surface area contributed by atoms with E-state index in [1.54, 1.807) is 17.0 Å². The second-order valence-corrected chi connectivity index (χ2v) is 14.9. The molecule has 1 N–H and O–H groups in total. The summed E-state index contributed by atoms with van der Waals surface area (Å²) in [6.45, 7) is 14.3. The van der Waals surface area contributed by atoms with E-state index in [4.69, 9.17) is 9.72 Å². The maximum atomic E-state index is 14.6. The first-order valence-electron chi connectivity index (χ1n) is 15.7. The number of carbonyl (C=O) groups is 2. The summed E-state index contributed by atoms with van der Waals surface area (Å²) in [6, 6.07) is 8.06. The summed E-state index contributed by atoms with van der Waals surface area (Å²) in [5, 5.41) is 10.3. The third-order valence-corrected chi connectivity index (χ3v) is 10.3. The topological polar surface area (TPSA) is 89.5 Å². The van der Waals surface area contributed by atoms with Crippen molar-refractivity contribution < 1.29 is 28.2 Å². The number of carboxylic acid groups (broad SMARTS) is 1. The molecule has 0 spiro atoms. The first-order valence-corrected chi connectivity index (χ1v) is 15.7. The van der Waals surface area contributed by atoms with E-state index in [-0.39, 0.29) is 42.8 Å². The molecule has 2 aromatic rings. The zero-order valence-electron chi connectivity index (χ0n) is 27.5. The number of alkyl halides is 1. The van der Waals surface area contributed by atoms with E-state index in [1.165, 1.54) is 24.1 Å². The average Bonchev–Trinajstić information content (AvgIpc) is 3.45. The van der Waals surface area contributed by atoms with Crippen molar-refractivity contribution in [2.45, 2.75) is 77.2 Å². The molecule has 9 nitrogen and oxygen atoms in total. The number of fused-ring (bicyclic) bond motifs is 1. The van der Waals surface area contributed by atoms with Crippen LogP contribution in [-0.4, -0.2) is 114 Å². The zero-order valence-corrected chi connectivity index (χ0v) is 27.5.